The lowest BCUT2D eigenvalue weighted by Gasteiger charge is -2.18. The summed E-state index contributed by atoms with van der Waals surface area (Å²) in [5, 5.41) is 12.7. The maximum absolute atomic E-state index is 12.9. The van der Waals surface area contributed by atoms with Crippen molar-refractivity contribution in [3.8, 4) is 22.4 Å². The summed E-state index contributed by atoms with van der Waals surface area (Å²) in [4.78, 5) is 30.1. The normalized spacial score (nSPS) is 13.1. The summed E-state index contributed by atoms with van der Waals surface area (Å²) in [5.41, 5.74) is 9.59. The third-order valence-corrected chi connectivity index (χ3v) is 7.54. The van der Waals surface area contributed by atoms with Crippen molar-refractivity contribution >= 4 is 17.7 Å². The molecule has 0 aliphatic heterocycles. The van der Waals surface area contributed by atoms with Crippen LogP contribution in [0.4, 0.5) is 4.79 Å². The van der Waals surface area contributed by atoms with Crippen LogP contribution in [0.1, 0.15) is 33.9 Å². The van der Waals surface area contributed by atoms with Gasteiger partial charge in [-0.2, -0.15) is 0 Å². The van der Waals surface area contributed by atoms with E-state index in [1.807, 2.05) is 97.2 Å². The Balaban J connectivity index is 1.23. The monoisotopic (exact) mass is 531 g/mol. The number of hydrogen-bond acceptors (Lipinski definition) is 4. The van der Waals surface area contributed by atoms with Gasteiger partial charge in [-0.05, 0) is 53.8 Å². The molecule has 1 atom stereocenters. The number of imidazole rings is 1. The number of aromatic nitrogens is 2. The standard InChI is InChI=1S/C33H29N3O4/c1-20-11-13-22(14-12-20)31-29(36-16-15-21(2)17-30(36)35-31)18-28(32(37)38)34-33(39)40-19-27-25-9-5-3-7-23(25)24-8-4-6-10-26(24)27/h3-17,27-28H,18-19H2,1-2H3,(H,34,39)(H,37,38). The van der Waals surface area contributed by atoms with Gasteiger partial charge in [0, 0.05) is 24.1 Å². The number of hydrogen-bond donors (Lipinski definition) is 2. The number of nitrogens with one attached hydrogen (secondary N) is 1. The average Bonchev–Trinajstić information content (AvgIpc) is 3.47. The summed E-state index contributed by atoms with van der Waals surface area (Å²) in [6.45, 7) is 4.10. The number of carboxylic acid groups (broad SMARTS) is 1. The second-order valence-corrected chi connectivity index (χ2v) is 10.3. The lowest BCUT2D eigenvalue weighted by molar-refractivity contribution is -0.139. The van der Waals surface area contributed by atoms with E-state index >= 15 is 0 Å². The SMILES string of the molecule is Cc1ccc(-c2nc3cc(C)ccn3c2CC(NC(=O)OCC2c3ccccc3-c3ccccc32)C(=O)O)cc1. The molecule has 0 spiro atoms. The number of ether oxygens (including phenoxy) is 1. The molecule has 1 aliphatic rings. The molecule has 0 bridgehead atoms. The lowest BCUT2D eigenvalue weighted by atomic mass is 9.98. The first kappa shape index (κ1) is 25.4. The van der Waals surface area contributed by atoms with Gasteiger partial charge in [0.2, 0.25) is 0 Å². The van der Waals surface area contributed by atoms with Crippen LogP contribution in [0, 0.1) is 13.8 Å². The Kier molecular flexibility index (Phi) is 6.56. The highest BCUT2D eigenvalue weighted by atomic mass is 16.5. The lowest BCUT2D eigenvalue weighted by Crippen LogP contribution is -2.43. The molecular weight excluding hydrogens is 502 g/mol. The zero-order chi connectivity index (χ0) is 27.8. The summed E-state index contributed by atoms with van der Waals surface area (Å²) >= 11 is 0. The minimum absolute atomic E-state index is 0.0347. The first-order valence-corrected chi connectivity index (χ1v) is 13.3. The molecule has 1 unspecified atom stereocenters. The van der Waals surface area contributed by atoms with Gasteiger partial charge in [0.25, 0.3) is 0 Å². The third-order valence-electron chi connectivity index (χ3n) is 7.54. The van der Waals surface area contributed by atoms with Crippen molar-refractivity contribution in [2.75, 3.05) is 6.61 Å². The van der Waals surface area contributed by atoms with Gasteiger partial charge in [-0.15, -0.1) is 0 Å². The quantitative estimate of drug-likeness (QED) is 0.263. The van der Waals surface area contributed by atoms with Crippen LogP contribution >= 0.6 is 0 Å². The van der Waals surface area contributed by atoms with Crippen LogP contribution in [0.25, 0.3) is 28.0 Å². The summed E-state index contributed by atoms with van der Waals surface area (Å²) in [6.07, 6.45) is 1.15. The van der Waals surface area contributed by atoms with Gasteiger partial charge in [0.1, 0.15) is 18.3 Å². The largest absolute Gasteiger partial charge is 0.480 e. The molecule has 1 aliphatic carbocycles. The molecule has 2 heterocycles. The van der Waals surface area contributed by atoms with Gasteiger partial charge in [0.15, 0.2) is 0 Å². The van der Waals surface area contributed by atoms with E-state index in [9.17, 15) is 14.7 Å². The van der Waals surface area contributed by atoms with Crippen LogP contribution in [0.3, 0.4) is 0 Å². The number of carbonyl (C=O) groups excluding carboxylic acids is 1. The summed E-state index contributed by atoms with van der Waals surface area (Å²) in [6, 6.07) is 26.8. The number of amides is 1. The zero-order valence-electron chi connectivity index (χ0n) is 22.3. The number of carboxylic acids is 1. The van der Waals surface area contributed by atoms with Crippen molar-refractivity contribution in [3.05, 3.63) is 119 Å². The molecule has 0 fully saturated rings. The fourth-order valence-corrected chi connectivity index (χ4v) is 5.51. The Morgan fingerprint density at radius 2 is 1.57 bits per heavy atom. The topological polar surface area (TPSA) is 92.9 Å². The number of aryl methyl sites for hydroxylation is 2. The number of pyridine rings is 1. The molecule has 0 saturated carbocycles. The molecule has 200 valence electrons. The van der Waals surface area contributed by atoms with E-state index in [2.05, 4.69) is 17.4 Å². The molecule has 0 saturated heterocycles. The van der Waals surface area contributed by atoms with E-state index in [1.54, 1.807) is 0 Å². The molecule has 2 N–H and O–H groups in total. The first-order valence-electron chi connectivity index (χ1n) is 13.3. The minimum Gasteiger partial charge on any atom is -0.480 e. The van der Waals surface area contributed by atoms with Crippen LogP contribution in [0.5, 0.6) is 0 Å². The van der Waals surface area contributed by atoms with Crippen molar-refractivity contribution in [1.29, 1.82) is 0 Å². The van der Waals surface area contributed by atoms with E-state index in [0.29, 0.717) is 11.4 Å². The highest BCUT2D eigenvalue weighted by Crippen LogP contribution is 2.44. The van der Waals surface area contributed by atoms with Crippen LogP contribution in [-0.4, -0.2) is 39.2 Å². The highest BCUT2D eigenvalue weighted by molar-refractivity contribution is 5.82. The maximum Gasteiger partial charge on any atom is 0.407 e. The van der Waals surface area contributed by atoms with Crippen LogP contribution in [-0.2, 0) is 16.0 Å². The summed E-state index contributed by atoms with van der Waals surface area (Å²) in [7, 11) is 0. The van der Waals surface area contributed by atoms with Crippen molar-refractivity contribution in [2.24, 2.45) is 0 Å². The van der Waals surface area contributed by atoms with Crippen LogP contribution in [0.15, 0.2) is 91.1 Å². The second kappa shape index (κ2) is 10.3. The zero-order valence-corrected chi connectivity index (χ0v) is 22.3. The number of benzene rings is 3. The molecule has 7 nitrogen and oxygen atoms in total. The molecule has 7 heteroatoms. The Hall–Kier alpha value is -4.91. The number of rotatable bonds is 7. The van der Waals surface area contributed by atoms with E-state index in [0.717, 1.165) is 44.6 Å². The highest BCUT2D eigenvalue weighted by Gasteiger charge is 2.30. The average molecular weight is 532 g/mol. The molecule has 3 aromatic carbocycles. The number of aliphatic carboxylic acids is 1. The van der Waals surface area contributed by atoms with E-state index < -0.39 is 18.1 Å². The summed E-state index contributed by atoms with van der Waals surface area (Å²) in [5.74, 6) is -1.26. The van der Waals surface area contributed by atoms with Crippen LogP contribution < -0.4 is 5.32 Å². The van der Waals surface area contributed by atoms with Crippen molar-refractivity contribution in [3.63, 3.8) is 0 Å². The summed E-state index contributed by atoms with van der Waals surface area (Å²) < 4.78 is 7.52. The third kappa shape index (κ3) is 4.71. The van der Waals surface area contributed by atoms with E-state index in [4.69, 9.17) is 9.72 Å². The molecule has 40 heavy (non-hydrogen) atoms. The molecular formula is C33H29N3O4. The molecule has 5 aromatic rings. The number of carbonyl (C=O) groups is 2. The Morgan fingerprint density at radius 1 is 0.925 bits per heavy atom. The fraction of sp³-hybridized carbons (Fsp3) is 0.182. The van der Waals surface area contributed by atoms with Gasteiger partial charge in [-0.3, -0.25) is 0 Å². The number of nitrogens with zero attached hydrogens (tertiary/aromatic N) is 2. The van der Waals surface area contributed by atoms with Crippen LogP contribution in [0.2, 0.25) is 0 Å². The number of alkyl carbamates (subject to hydrolysis) is 1. The molecule has 0 radical (unpaired) electrons. The van der Waals surface area contributed by atoms with Crippen molar-refractivity contribution in [2.45, 2.75) is 32.2 Å². The van der Waals surface area contributed by atoms with Gasteiger partial charge in [-0.25, -0.2) is 14.6 Å². The predicted molar refractivity (Wildman–Crippen MR) is 153 cm³/mol. The Labute approximate surface area is 232 Å². The maximum atomic E-state index is 12.9. The second-order valence-electron chi connectivity index (χ2n) is 10.3. The predicted octanol–water partition coefficient (Wildman–Crippen LogP) is 6.15. The van der Waals surface area contributed by atoms with Crippen molar-refractivity contribution in [1.82, 2.24) is 14.7 Å². The first-order chi connectivity index (χ1) is 19.4. The van der Waals surface area contributed by atoms with Gasteiger partial charge in [0.05, 0.1) is 11.4 Å². The van der Waals surface area contributed by atoms with Gasteiger partial charge in [-0.1, -0.05) is 78.4 Å². The van der Waals surface area contributed by atoms with Gasteiger partial charge < -0.3 is 19.6 Å². The Bertz CT molecular complexity index is 1690. The molecule has 1 amide bonds. The van der Waals surface area contributed by atoms with Crippen molar-refractivity contribution < 1.29 is 19.4 Å². The van der Waals surface area contributed by atoms with E-state index in [-0.39, 0.29) is 18.9 Å². The fourth-order valence-electron chi connectivity index (χ4n) is 5.51. The molecule has 2 aromatic heterocycles. The number of fused-ring (bicyclic) bond motifs is 4. The Morgan fingerprint density at radius 3 is 2.23 bits per heavy atom. The van der Waals surface area contributed by atoms with Gasteiger partial charge >= 0.3 is 12.1 Å². The minimum atomic E-state index is -1.21. The molecule has 6 rings (SSSR count). The van der Waals surface area contributed by atoms with E-state index in [1.165, 1.54) is 0 Å². The smallest absolute Gasteiger partial charge is 0.407 e.